The van der Waals surface area contributed by atoms with Crippen LogP contribution in [0.3, 0.4) is 0 Å². The normalized spacial score (nSPS) is 22.0. The lowest BCUT2D eigenvalue weighted by molar-refractivity contribution is -0.140. The molecular weight excluding hydrogens is 310 g/mol. The topological polar surface area (TPSA) is 40.5 Å². The Morgan fingerprint density at radius 1 is 1.50 bits per heavy atom. The number of benzene rings is 1. The van der Waals surface area contributed by atoms with Crippen molar-refractivity contribution in [3.8, 4) is 0 Å². The minimum atomic E-state index is -0.800. The summed E-state index contributed by atoms with van der Waals surface area (Å²) in [5.74, 6) is 0.622. The van der Waals surface area contributed by atoms with Crippen LogP contribution in [-0.4, -0.2) is 37.8 Å². The van der Waals surface area contributed by atoms with Gasteiger partial charge < -0.3 is 10.0 Å². The summed E-state index contributed by atoms with van der Waals surface area (Å²) < 4.78 is 0.676. The van der Waals surface area contributed by atoms with Crippen molar-refractivity contribution in [2.24, 2.45) is 0 Å². The van der Waals surface area contributed by atoms with Gasteiger partial charge in [0.2, 0.25) is 0 Å². The third-order valence-corrected chi connectivity index (χ3v) is 5.76. The van der Waals surface area contributed by atoms with Crippen LogP contribution >= 0.6 is 35.7 Å². The minimum Gasteiger partial charge on any atom is -0.480 e. The number of aliphatic carboxylic acids is 1. The molecule has 0 bridgehead atoms. The Balaban J connectivity index is 2.29. The molecule has 0 amide bonds. The minimum absolute atomic E-state index is 0.00301. The van der Waals surface area contributed by atoms with E-state index < -0.39 is 12.0 Å². The number of aryl methyl sites for hydroxylation is 1. The van der Waals surface area contributed by atoms with E-state index >= 15 is 0 Å². The summed E-state index contributed by atoms with van der Waals surface area (Å²) in [4.78, 5) is 13.3. The third-order valence-electron chi connectivity index (χ3n) is 3.13. The highest BCUT2D eigenvalue weighted by Gasteiger charge is 2.40. The predicted molar refractivity (Wildman–Crippen MR) is 90.4 cm³/mol. The molecule has 2 rings (SSSR count). The molecular formula is C14H17NO2S3. The SMILES string of the molecule is CCSC(=S)N1[C@H](C(=O)O)CS[C@H]1c1ccc(C)cc1. The van der Waals surface area contributed by atoms with Crippen LogP contribution in [0.1, 0.15) is 23.4 Å². The first-order valence-electron chi connectivity index (χ1n) is 6.40. The zero-order chi connectivity index (χ0) is 14.7. The summed E-state index contributed by atoms with van der Waals surface area (Å²) in [5.41, 5.74) is 2.31. The standard InChI is InChI=1S/C14H17NO2S3/c1-3-19-14(18)15-11(13(16)17)8-20-12(15)10-6-4-9(2)5-7-10/h4-7,11-12H,3,8H2,1-2H3,(H,16,17)/t11-,12-/m0/s1. The van der Waals surface area contributed by atoms with Crippen LogP contribution in [0.25, 0.3) is 0 Å². The molecule has 1 fully saturated rings. The van der Waals surface area contributed by atoms with Crippen molar-refractivity contribution in [3.05, 3.63) is 35.4 Å². The summed E-state index contributed by atoms with van der Waals surface area (Å²) in [5, 5.41) is 9.39. The molecule has 1 aromatic rings. The second-order valence-corrected chi connectivity index (χ2v) is 7.57. The van der Waals surface area contributed by atoms with Crippen LogP contribution in [0.5, 0.6) is 0 Å². The van der Waals surface area contributed by atoms with Gasteiger partial charge >= 0.3 is 5.97 Å². The number of hydrogen-bond acceptors (Lipinski definition) is 4. The van der Waals surface area contributed by atoms with Gasteiger partial charge in [0.05, 0.1) is 0 Å². The number of hydrogen-bond donors (Lipinski definition) is 1. The molecule has 20 heavy (non-hydrogen) atoms. The molecule has 0 saturated carbocycles. The fraction of sp³-hybridized carbons (Fsp3) is 0.429. The van der Waals surface area contributed by atoms with Crippen LogP contribution in [0, 0.1) is 6.92 Å². The Labute approximate surface area is 133 Å². The van der Waals surface area contributed by atoms with Gasteiger partial charge in [-0.25, -0.2) is 4.79 Å². The Hall–Kier alpha value is -0.720. The maximum absolute atomic E-state index is 11.4. The van der Waals surface area contributed by atoms with Crippen molar-refractivity contribution in [1.82, 2.24) is 4.90 Å². The maximum Gasteiger partial charge on any atom is 0.327 e. The highest BCUT2D eigenvalue weighted by molar-refractivity contribution is 8.23. The molecule has 1 heterocycles. The van der Waals surface area contributed by atoms with E-state index in [4.69, 9.17) is 12.2 Å². The fourth-order valence-corrected chi connectivity index (χ4v) is 4.88. The van der Waals surface area contributed by atoms with Gasteiger partial charge in [-0.05, 0) is 18.2 Å². The van der Waals surface area contributed by atoms with E-state index in [0.717, 1.165) is 11.3 Å². The van der Waals surface area contributed by atoms with E-state index in [9.17, 15) is 9.90 Å². The molecule has 0 unspecified atom stereocenters. The van der Waals surface area contributed by atoms with Crippen LogP contribution in [0.15, 0.2) is 24.3 Å². The largest absolute Gasteiger partial charge is 0.480 e. The predicted octanol–water partition coefficient (Wildman–Crippen LogP) is 3.53. The number of nitrogens with zero attached hydrogens (tertiary/aromatic N) is 1. The van der Waals surface area contributed by atoms with Crippen molar-refractivity contribution < 1.29 is 9.90 Å². The average Bonchev–Trinajstić information content (AvgIpc) is 2.84. The van der Waals surface area contributed by atoms with Gasteiger partial charge in [0.25, 0.3) is 0 Å². The summed E-state index contributed by atoms with van der Waals surface area (Å²) in [6, 6.07) is 7.70. The molecule has 1 aliphatic heterocycles. The van der Waals surface area contributed by atoms with E-state index in [1.807, 2.05) is 18.7 Å². The Morgan fingerprint density at radius 3 is 2.70 bits per heavy atom. The Morgan fingerprint density at radius 2 is 2.15 bits per heavy atom. The van der Waals surface area contributed by atoms with E-state index in [2.05, 4.69) is 24.3 Å². The van der Waals surface area contributed by atoms with Crippen molar-refractivity contribution in [2.75, 3.05) is 11.5 Å². The van der Waals surface area contributed by atoms with E-state index in [1.54, 1.807) is 11.8 Å². The number of rotatable bonds is 3. The molecule has 6 heteroatoms. The third kappa shape index (κ3) is 3.30. The summed E-state index contributed by atoms with van der Waals surface area (Å²) in [6.07, 6.45) is 0. The molecule has 108 valence electrons. The lowest BCUT2D eigenvalue weighted by atomic mass is 10.1. The van der Waals surface area contributed by atoms with Crippen LogP contribution < -0.4 is 0 Å². The summed E-state index contributed by atoms with van der Waals surface area (Å²) in [6.45, 7) is 4.07. The molecule has 2 atom stereocenters. The van der Waals surface area contributed by atoms with Gasteiger partial charge in [0.1, 0.15) is 15.7 Å². The number of carbonyl (C=O) groups is 1. The number of carboxylic acids is 1. The summed E-state index contributed by atoms with van der Waals surface area (Å²) >= 11 is 8.60. The van der Waals surface area contributed by atoms with Gasteiger partial charge in [-0.3, -0.25) is 0 Å². The van der Waals surface area contributed by atoms with Gasteiger partial charge in [-0.2, -0.15) is 0 Å². The molecule has 1 aliphatic rings. The highest BCUT2D eigenvalue weighted by Crippen LogP contribution is 2.43. The van der Waals surface area contributed by atoms with Crippen molar-refractivity contribution in [1.29, 1.82) is 0 Å². The smallest absolute Gasteiger partial charge is 0.327 e. The molecule has 1 N–H and O–H groups in total. The molecule has 0 spiro atoms. The van der Waals surface area contributed by atoms with Crippen LogP contribution in [0.2, 0.25) is 0 Å². The second kappa shape index (κ2) is 6.83. The molecule has 0 aromatic heterocycles. The lowest BCUT2D eigenvalue weighted by Gasteiger charge is -2.29. The van der Waals surface area contributed by atoms with Gasteiger partial charge in [-0.1, -0.05) is 60.7 Å². The van der Waals surface area contributed by atoms with Gasteiger partial charge in [0, 0.05) is 5.75 Å². The summed E-state index contributed by atoms with van der Waals surface area (Å²) in [7, 11) is 0. The van der Waals surface area contributed by atoms with E-state index in [-0.39, 0.29) is 5.37 Å². The Bertz CT molecular complexity index is 504. The first-order chi connectivity index (χ1) is 9.54. The first kappa shape index (κ1) is 15.7. The van der Waals surface area contributed by atoms with Crippen molar-refractivity contribution in [2.45, 2.75) is 25.3 Å². The van der Waals surface area contributed by atoms with Crippen LogP contribution in [-0.2, 0) is 4.79 Å². The molecule has 0 aliphatic carbocycles. The molecule has 1 saturated heterocycles. The van der Waals surface area contributed by atoms with Gasteiger partial charge in [0.15, 0.2) is 0 Å². The monoisotopic (exact) mass is 327 g/mol. The number of thioether (sulfide) groups is 2. The zero-order valence-electron chi connectivity index (χ0n) is 11.4. The first-order valence-corrected chi connectivity index (χ1v) is 8.85. The van der Waals surface area contributed by atoms with E-state index in [0.29, 0.717) is 10.1 Å². The second-order valence-electron chi connectivity index (χ2n) is 4.56. The Kier molecular flexibility index (Phi) is 5.35. The molecule has 0 radical (unpaired) electrons. The highest BCUT2D eigenvalue weighted by atomic mass is 32.2. The lowest BCUT2D eigenvalue weighted by Crippen LogP contribution is -2.41. The van der Waals surface area contributed by atoms with Crippen LogP contribution in [0.4, 0.5) is 0 Å². The number of carboxylic acid groups (broad SMARTS) is 1. The molecule has 1 aromatic carbocycles. The molecule has 3 nitrogen and oxygen atoms in total. The van der Waals surface area contributed by atoms with Crippen molar-refractivity contribution in [3.63, 3.8) is 0 Å². The van der Waals surface area contributed by atoms with Gasteiger partial charge in [-0.15, -0.1) is 11.8 Å². The van der Waals surface area contributed by atoms with Crippen molar-refractivity contribution >= 4 is 46.0 Å². The maximum atomic E-state index is 11.4. The fourth-order valence-electron chi connectivity index (χ4n) is 2.11. The van der Waals surface area contributed by atoms with E-state index in [1.165, 1.54) is 17.3 Å². The quantitative estimate of drug-likeness (QED) is 0.857. The zero-order valence-corrected chi connectivity index (χ0v) is 13.9. The average molecular weight is 327 g/mol. The number of thiocarbonyl (C=S) groups is 1.